The van der Waals surface area contributed by atoms with E-state index in [0.717, 1.165) is 69.5 Å². The molecule has 0 radical (unpaired) electrons. The first kappa shape index (κ1) is 24.6. The normalized spacial score (nSPS) is 27.3. The summed E-state index contributed by atoms with van der Waals surface area (Å²) in [5, 5.41) is 18.3. The topological polar surface area (TPSA) is 68.4 Å². The molecule has 0 unspecified atom stereocenters. The minimum atomic E-state index is -0.886. The van der Waals surface area contributed by atoms with Crippen molar-refractivity contribution < 1.29 is 14.4 Å². The second kappa shape index (κ2) is 9.32. The van der Waals surface area contributed by atoms with Crippen LogP contribution in [0.1, 0.15) is 60.8 Å². The molecule has 5 nitrogen and oxygen atoms in total. The Morgan fingerprint density at radius 3 is 2.51 bits per heavy atom. The minimum Gasteiger partial charge on any atom is -0.382 e. The van der Waals surface area contributed by atoms with Crippen molar-refractivity contribution in [3.63, 3.8) is 0 Å². The molecule has 3 aliphatic rings. The number of nitrogens with zero attached hydrogens (tertiary/aromatic N) is 2. The molecule has 37 heavy (non-hydrogen) atoms. The van der Waals surface area contributed by atoms with Gasteiger partial charge in [0.25, 0.3) is 0 Å². The molecule has 2 heterocycles. The van der Waals surface area contributed by atoms with E-state index in [1.165, 1.54) is 0 Å². The number of hydrogen-bond donors (Lipinski definition) is 1. The van der Waals surface area contributed by atoms with Crippen molar-refractivity contribution in [1.29, 1.82) is 0 Å². The molecule has 4 aromatic rings. The van der Waals surface area contributed by atoms with Gasteiger partial charge in [0.2, 0.25) is 0 Å². The van der Waals surface area contributed by atoms with E-state index >= 15 is 0 Å². The average molecular weight is 620 g/mol. The lowest BCUT2D eigenvalue weighted by atomic mass is 9.73. The summed E-state index contributed by atoms with van der Waals surface area (Å²) in [4.78, 5) is 4.86. The Hall–Kier alpha value is -1.48. The molecule has 2 aromatic heterocycles. The lowest BCUT2D eigenvalue weighted by Gasteiger charge is -2.41. The molecule has 3 saturated carbocycles. The Morgan fingerprint density at radius 1 is 1.08 bits per heavy atom. The van der Waals surface area contributed by atoms with E-state index in [1.54, 1.807) is 11.3 Å². The van der Waals surface area contributed by atoms with Crippen LogP contribution in [0.5, 0.6) is 0 Å². The van der Waals surface area contributed by atoms with E-state index in [0.29, 0.717) is 33.8 Å². The van der Waals surface area contributed by atoms with E-state index in [-0.39, 0.29) is 17.9 Å². The van der Waals surface area contributed by atoms with Crippen LogP contribution in [0.4, 0.5) is 0 Å². The Balaban J connectivity index is 1.13. The number of fused-ring (bicyclic) bond motifs is 3. The van der Waals surface area contributed by atoms with Crippen LogP contribution in [0.25, 0.3) is 21.5 Å². The maximum atomic E-state index is 12.0. The molecule has 0 saturated heterocycles. The number of halogens is 3. The fourth-order valence-corrected chi connectivity index (χ4v) is 8.65. The Bertz CT molecular complexity index is 1470. The van der Waals surface area contributed by atoms with Crippen molar-refractivity contribution >= 4 is 60.7 Å². The van der Waals surface area contributed by atoms with Gasteiger partial charge < -0.3 is 14.4 Å². The molecule has 2 aromatic carbocycles. The van der Waals surface area contributed by atoms with Crippen molar-refractivity contribution in [1.82, 2.24) is 10.1 Å². The molecule has 4 atom stereocenters. The highest BCUT2D eigenvalue weighted by atomic mass is 79.9. The summed E-state index contributed by atoms with van der Waals surface area (Å²) in [7, 11) is 0. The van der Waals surface area contributed by atoms with Gasteiger partial charge in [0.1, 0.15) is 22.1 Å². The van der Waals surface area contributed by atoms with Gasteiger partial charge in [-0.1, -0.05) is 50.4 Å². The van der Waals surface area contributed by atoms with E-state index in [4.69, 9.17) is 37.4 Å². The monoisotopic (exact) mass is 618 g/mol. The average Bonchev–Trinajstić information content (AvgIpc) is 3.46. The molecule has 192 valence electrons. The summed E-state index contributed by atoms with van der Waals surface area (Å²) in [6.45, 7) is 0.393. The number of ether oxygens (including phenoxy) is 1. The van der Waals surface area contributed by atoms with E-state index < -0.39 is 5.60 Å². The van der Waals surface area contributed by atoms with Crippen LogP contribution in [0, 0.1) is 11.8 Å². The molecule has 3 fully saturated rings. The minimum absolute atomic E-state index is 0.0535. The summed E-state index contributed by atoms with van der Waals surface area (Å²) < 4.78 is 14.5. The molecule has 0 amide bonds. The van der Waals surface area contributed by atoms with Gasteiger partial charge in [0.05, 0.1) is 33.0 Å². The number of hydrogen-bond acceptors (Lipinski definition) is 6. The third-order valence-corrected chi connectivity index (χ3v) is 10.6. The number of rotatable bonds is 6. The molecule has 0 aliphatic heterocycles. The largest absolute Gasteiger partial charge is 0.382 e. The van der Waals surface area contributed by atoms with Gasteiger partial charge in [0, 0.05) is 21.5 Å². The predicted octanol–water partition coefficient (Wildman–Crippen LogP) is 8.49. The van der Waals surface area contributed by atoms with E-state index in [9.17, 15) is 5.11 Å². The third kappa shape index (κ3) is 4.17. The van der Waals surface area contributed by atoms with Crippen molar-refractivity contribution in [2.45, 2.75) is 62.8 Å². The maximum absolute atomic E-state index is 12.0. The van der Waals surface area contributed by atoms with Crippen LogP contribution < -0.4 is 0 Å². The highest BCUT2D eigenvalue weighted by Gasteiger charge is 2.56. The molecule has 0 spiro atoms. The van der Waals surface area contributed by atoms with Gasteiger partial charge in [-0.05, 0) is 80.7 Å². The van der Waals surface area contributed by atoms with Gasteiger partial charge in [-0.2, -0.15) is 0 Å². The zero-order valence-corrected chi connectivity index (χ0v) is 23.8. The summed E-state index contributed by atoms with van der Waals surface area (Å²) in [5.74, 6) is 1.53. The summed E-state index contributed by atoms with van der Waals surface area (Å²) in [6, 6.07) is 11.6. The SMILES string of the molecule is O[C@]1(c2nc3ccc(Br)cc3s2)[C@@H]2CC[C@H]1C[C@H](OCc1c(-c3c(Cl)cccc3Cl)noc1C1CC1)C2. The Morgan fingerprint density at radius 2 is 1.81 bits per heavy atom. The van der Waals surface area contributed by atoms with E-state index in [2.05, 4.69) is 27.2 Å². The van der Waals surface area contributed by atoms with Crippen LogP contribution >= 0.6 is 50.5 Å². The highest BCUT2D eigenvalue weighted by Crippen LogP contribution is 2.57. The van der Waals surface area contributed by atoms with Crippen LogP contribution in [-0.2, 0) is 16.9 Å². The van der Waals surface area contributed by atoms with Gasteiger partial charge in [0.15, 0.2) is 0 Å². The first-order chi connectivity index (χ1) is 17.9. The first-order valence-corrected chi connectivity index (χ1v) is 15.1. The summed E-state index contributed by atoms with van der Waals surface area (Å²) >= 11 is 18.2. The van der Waals surface area contributed by atoms with Crippen LogP contribution in [0.2, 0.25) is 10.0 Å². The molecular weight excluding hydrogens is 595 g/mol. The lowest BCUT2D eigenvalue weighted by Crippen LogP contribution is -2.44. The molecular formula is C28H25BrCl2N2O3S. The van der Waals surface area contributed by atoms with Crippen molar-refractivity contribution in [2.75, 3.05) is 0 Å². The Kier molecular flexibility index (Phi) is 6.18. The summed E-state index contributed by atoms with van der Waals surface area (Å²) in [6.07, 6.45) is 5.83. The van der Waals surface area contributed by atoms with Gasteiger partial charge in [-0.3, -0.25) is 0 Å². The fraction of sp³-hybridized carbons (Fsp3) is 0.429. The van der Waals surface area contributed by atoms with Crippen LogP contribution in [-0.4, -0.2) is 21.4 Å². The number of aliphatic hydroxyl groups is 1. The lowest BCUT2D eigenvalue weighted by molar-refractivity contribution is -0.116. The van der Waals surface area contributed by atoms with Crippen LogP contribution in [0.15, 0.2) is 45.4 Å². The van der Waals surface area contributed by atoms with Crippen molar-refractivity contribution in [2.24, 2.45) is 11.8 Å². The van der Waals surface area contributed by atoms with Gasteiger partial charge >= 0.3 is 0 Å². The number of benzene rings is 2. The summed E-state index contributed by atoms with van der Waals surface area (Å²) in [5.41, 5.74) is 2.37. The zero-order chi connectivity index (χ0) is 25.3. The molecule has 9 heteroatoms. The van der Waals surface area contributed by atoms with Crippen molar-refractivity contribution in [3.05, 3.63) is 67.2 Å². The van der Waals surface area contributed by atoms with Crippen molar-refractivity contribution in [3.8, 4) is 11.3 Å². The number of thiazole rings is 1. The third-order valence-electron chi connectivity index (χ3n) is 8.33. The maximum Gasteiger partial charge on any atom is 0.145 e. The zero-order valence-electron chi connectivity index (χ0n) is 19.9. The molecule has 3 aliphatic carbocycles. The first-order valence-electron chi connectivity index (χ1n) is 12.7. The highest BCUT2D eigenvalue weighted by molar-refractivity contribution is 9.10. The standard InChI is InChI=1S/C28H25BrCl2N2O3S/c29-17-8-9-22-23(12-17)37-27(32-22)28(34)15-6-7-16(28)11-18(10-15)35-13-19-25(33-36-26(19)14-4-5-14)24-20(30)2-1-3-21(24)31/h1-3,8-9,12,14-16,18,34H,4-7,10-11,13H2/t15-,16+,18-,28-. The molecule has 2 bridgehead atoms. The smallest absolute Gasteiger partial charge is 0.145 e. The van der Waals surface area contributed by atoms with E-state index in [1.807, 2.05) is 30.3 Å². The second-order valence-corrected chi connectivity index (χ2v) is 13.3. The molecule has 7 rings (SSSR count). The fourth-order valence-electron chi connectivity index (χ4n) is 6.31. The Labute approximate surface area is 237 Å². The predicted molar refractivity (Wildman–Crippen MR) is 149 cm³/mol. The second-order valence-electron chi connectivity index (χ2n) is 10.6. The van der Waals surface area contributed by atoms with Gasteiger partial charge in [-0.25, -0.2) is 4.98 Å². The quantitative estimate of drug-likeness (QED) is 0.234. The number of aromatic nitrogens is 2. The van der Waals surface area contributed by atoms with Crippen LogP contribution in [0.3, 0.4) is 0 Å². The van der Waals surface area contributed by atoms with Gasteiger partial charge in [-0.15, -0.1) is 11.3 Å². The molecule has 1 N–H and O–H groups in total.